The molecule has 7 heteroatoms. The molecule has 0 radical (unpaired) electrons. The van der Waals surface area contributed by atoms with Crippen LogP contribution in [0.25, 0.3) is 0 Å². The largest absolute Gasteiger partial charge is 0.390 e. The number of carbonyl (C=O) groups is 1. The fourth-order valence-electron chi connectivity index (χ4n) is 3.38. The monoisotopic (exact) mass is 444 g/mol. The molecule has 3 N–H and O–H groups in total. The molecule has 0 unspecified atom stereocenters. The highest BCUT2D eigenvalue weighted by Gasteiger charge is 2.23. The van der Waals surface area contributed by atoms with Crippen molar-refractivity contribution in [2.45, 2.75) is 38.5 Å². The third-order valence-corrected chi connectivity index (χ3v) is 5.85. The Hall–Kier alpha value is -2.61. The number of aliphatic hydroxyl groups excluding tert-OH is 1. The van der Waals surface area contributed by atoms with Crippen LogP contribution < -0.4 is 10.6 Å². The van der Waals surface area contributed by atoms with E-state index < -0.39 is 23.8 Å². The van der Waals surface area contributed by atoms with Crippen LogP contribution in [0.2, 0.25) is 0 Å². The topological polar surface area (TPSA) is 61.4 Å². The summed E-state index contributed by atoms with van der Waals surface area (Å²) in [6.07, 6.45) is 0.0851. The van der Waals surface area contributed by atoms with Crippen LogP contribution >= 0.6 is 11.3 Å². The van der Waals surface area contributed by atoms with Crippen LogP contribution in [0.3, 0.4) is 0 Å². The lowest BCUT2D eigenvalue weighted by molar-refractivity contribution is 0.0833. The molecule has 1 amide bonds. The van der Waals surface area contributed by atoms with Crippen LogP contribution in [0, 0.1) is 11.6 Å². The summed E-state index contributed by atoms with van der Waals surface area (Å²) < 4.78 is 27.2. The smallest absolute Gasteiger partial charge is 0.261 e. The molecule has 1 heterocycles. The maximum Gasteiger partial charge on any atom is 0.261 e. The van der Waals surface area contributed by atoms with Gasteiger partial charge in [-0.05, 0) is 53.1 Å². The van der Waals surface area contributed by atoms with Crippen molar-refractivity contribution in [1.29, 1.82) is 0 Å². The van der Waals surface area contributed by atoms with Gasteiger partial charge in [-0.2, -0.15) is 0 Å². The molecule has 3 aromatic rings. The Labute approximate surface area is 184 Å². The van der Waals surface area contributed by atoms with Gasteiger partial charge in [0.2, 0.25) is 0 Å². The second kappa shape index (κ2) is 11.1. The molecule has 1 aromatic heterocycles. The maximum atomic E-state index is 13.6. The molecule has 0 bridgehead atoms. The zero-order valence-corrected chi connectivity index (χ0v) is 18.1. The maximum absolute atomic E-state index is 13.6. The van der Waals surface area contributed by atoms with Crippen molar-refractivity contribution in [2.75, 3.05) is 6.54 Å². The fourth-order valence-corrected chi connectivity index (χ4v) is 4.01. The van der Waals surface area contributed by atoms with E-state index in [9.17, 15) is 18.7 Å². The molecule has 0 fully saturated rings. The van der Waals surface area contributed by atoms with E-state index in [1.807, 2.05) is 12.1 Å². The van der Waals surface area contributed by atoms with Crippen LogP contribution in [-0.2, 0) is 19.4 Å². The number of nitrogens with one attached hydrogen (secondary N) is 2. The molecule has 4 nitrogen and oxygen atoms in total. The van der Waals surface area contributed by atoms with Gasteiger partial charge >= 0.3 is 0 Å². The zero-order chi connectivity index (χ0) is 22.2. The van der Waals surface area contributed by atoms with Crippen molar-refractivity contribution < 1.29 is 18.7 Å². The number of halogens is 2. The van der Waals surface area contributed by atoms with E-state index in [1.54, 1.807) is 17.5 Å². The molecular weight excluding hydrogens is 418 g/mol. The molecule has 0 saturated carbocycles. The summed E-state index contributed by atoms with van der Waals surface area (Å²) in [4.78, 5) is 13.0. The second-order valence-electron chi connectivity index (χ2n) is 7.41. The Morgan fingerprint density at radius 2 is 1.77 bits per heavy atom. The van der Waals surface area contributed by atoms with Gasteiger partial charge in [0, 0.05) is 19.2 Å². The number of amides is 1. The first-order valence-electron chi connectivity index (χ1n) is 10.2. The molecule has 164 valence electrons. The van der Waals surface area contributed by atoms with Gasteiger partial charge in [0.05, 0.1) is 17.0 Å². The summed E-state index contributed by atoms with van der Waals surface area (Å²) in [5.74, 6) is -1.71. The average molecular weight is 445 g/mol. The predicted molar refractivity (Wildman–Crippen MR) is 119 cm³/mol. The summed E-state index contributed by atoms with van der Waals surface area (Å²) in [6.45, 7) is 2.86. The molecule has 2 atom stereocenters. The number of thiophene rings is 1. The van der Waals surface area contributed by atoms with E-state index in [2.05, 4.69) is 29.7 Å². The summed E-state index contributed by atoms with van der Waals surface area (Å²) in [6, 6.07) is 14.1. The van der Waals surface area contributed by atoms with Gasteiger partial charge in [-0.3, -0.25) is 4.79 Å². The average Bonchev–Trinajstić information content (AvgIpc) is 3.28. The Kier molecular flexibility index (Phi) is 8.28. The molecule has 0 spiro atoms. The number of hydrogen-bond donors (Lipinski definition) is 3. The number of rotatable bonds is 10. The van der Waals surface area contributed by atoms with Gasteiger partial charge in [0.1, 0.15) is 11.6 Å². The van der Waals surface area contributed by atoms with Crippen LogP contribution in [0.15, 0.2) is 60.0 Å². The predicted octanol–water partition coefficient (Wildman–Crippen LogP) is 4.08. The number of carbonyl (C=O) groups excluding carboxylic acids is 1. The van der Waals surface area contributed by atoms with Crippen LogP contribution in [0.5, 0.6) is 0 Å². The van der Waals surface area contributed by atoms with Crippen LogP contribution in [0.4, 0.5) is 8.78 Å². The summed E-state index contributed by atoms with van der Waals surface area (Å²) >= 11 is 1.29. The third-order valence-electron chi connectivity index (χ3n) is 4.99. The molecule has 31 heavy (non-hydrogen) atoms. The molecule has 0 aliphatic rings. The number of aliphatic hydroxyl groups is 1. The Morgan fingerprint density at radius 1 is 1.03 bits per heavy atom. The van der Waals surface area contributed by atoms with E-state index in [-0.39, 0.29) is 18.9 Å². The van der Waals surface area contributed by atoms with Gasteiger partial charge in [-0.25, -0.2) is 8.78 Å². The minimum absolute atomic E-state index is 0.0972. The molecule has 0 aliphatic carbocycles. The number of benzene rings is 2. The minimum Gasteiger partial charge on any atom is -0.390 e. The molecular formula is C24H26F2N2O2S. The van der Waals surface area contributed by atoms with E-state index in [0.29, 0.717) is 17.0 Å². The number of hydrogen-bond acceptors (Lipinski definition) is 4. The summed E-state index contributed by atoms with van der Waals surface area (Å²) in [5.41, 5.74) is 2.69. The van der Waals surface area contributed by atoms with Crippen molar-refractivity contribution in [2.24, 2.45) is 0 Å². The molecule has 2 aromatic carbocycles. The SMILES string of the molecule is CCc1cccc(CNC[C@H](O)[C@H](Cc2cc(F)cc(F)c2)NC(=O)c2cccs2)c1. The zero-order valence-electron chi connectivity index (χ0n) is 17.3. The van der Waals surface area contributed by atoms with E-state index >= 15 is 0 Å². The molecule has 0 saturated heterocycles. The van der Waals surface area contributed by atoms with Crippen molar-refractivity contribution >= 4 is 17.2 Å². The van der Waals surface area contributed by atoms with Gasteiger partial charge in [0.25, 0.3) is 5.91 Å². The highest BCUT2D eigenvalue weighted by Crippen LogP contribution is 2.14. The van der Waals surface area contributed by atoms with Crippen molar-refractivity contribution in [3.8, 4) is 0 Å². The lowest BCUT2D eigenvalue weighted by Gasteiger charge is -2.25. The highest BCUT2D eigenvalue weighted by atomic mass is 32.1. The highest BCUT2D eigenvalue weighted by molar-refractivity contribution is 7.12. The van der Waals surface area contributed by atoms with Crippen molar-refractivity contribution in [1.82, 2.24) is 10.6 Å². The summed E-state index contributed by atoms with van der Waals surface area (Å²) in [7, 11) is 0. The second-order valence-corrected chi connectivity index (χ2v) is 8.36. The van der Waals surface area contributed by atoms with E-state index in [4.69, 9.17) is 0 Å². The van der Waals surface area contributed by atoms with Crippen LogP contribution in [0.1, 0.15) is 33.3 Å². The first kappa shape index (κ1) is 23.1. The first-order chi connectivity index (χ1) is 14.9. The first-order valence-corrected chi connectivity index (χ1v) is 11.1. The number of aryl methyl sites for hydroxylation is 1. The third kappa shape index (κ3) is 6.95. The molecule has 3 rings (SSSR count). The van der Waals surface area contributed by atoms with Crippen molar-refractivity contribution in [3.05, 3.63) is 93.2 Å². The normalized spacial score (nSPS) is 13.0. The Bertz CT molecular complexity index is 975. The van der Waals surface area contributed by atoms with Gasteiger partial charge in [-0.15, -0.1) is 11.3 Å². The van der Waals surface area contributed by atoms with E-state index in [0.717, 1.165) is 18.1 Å². The van der Waals surface area contributed by atoms with Crippen molar-refractivity contribution in [3.63, 3.8) is 0 Å². The fraction of sp³-hybridized carbons (Fsp3) is 0.292. The quantitative estimate of drug-likeness (QED) is 0.442. The Morgan fingerprint density at radius 3 is 2.45 bits per heavy atom. The van der Waals surface area contributed by atoms with E-state index in [1.165, 1.54) is 29.0 Å². The lowest BCUT2D eigenvalue weighted by atomic mass is 10.0. The van der Waals surface area contributed by atoms with Gasteiger partial charge in [0.15, 0.2) is 0 Å². The van der Waals surface area contributed by atoms with Gasteiger partial charge in [-0.1, -0.05) is 37.3 Å². The lowest BCUT2D eigenvalue weighted by Crippen LogP contribution is -2.48. The van der Waals surface area contributed by atoms with Gasteiger partial charge < -0.3 is 15.7 Å². The summed E-state index contributed by atoms with van der Waals surface area (Å²) in [5, 5.41) is 18.6. The minimum atomic E-state index is -0.954. The standard InChI is InChI=1S/C24H26F2N2O2S/c1-2-16-5-3-6-17(9-16)14-27-15-22(29)21(28-24(30)23-7-4-8-31-23)12-18-10-19(25)13-20(26)11-18/h3-11,13,21-22,27,29H,2,12,14-15H2,1H3,(H,28,30)/t21-,22-/m0/s1. The van der Waals surface area contributed by atoms with Crippen LogP contribution in [-0.4, -0.2) is 29.7 Å². The Balaban J connectivity index is 1.67. The molecule has 0 aliphatic heterocycles.